The quantitative estimate of drug-likeness (QED) is 0.774. The second-order valence-electron chi connectivity index (χ2n) is 4.57. The molecule has 2 rings (SSSR count). The topological polar surface area (TPSA) is 58.3 Å². The number of nitrogens with zero attached hydrogens (tertiary/aromatic N) is 2. The van der Waals surface area contributed by atoms with Crippen LogP contribution in [0.2, 0.25) is 0 Å². The van der Waals surface area contributed by atoms with E-state index in [0.29, 0.717) is 12.0 Å². The van der Waals surface area contributed by atoms with Crippen molar-refractivity contribution in [3.05, 3.63) is 46.8 Å². The van der Waals surface area contributed by atoms with Gasteiger partial charge >= 0.3 is 7.12 Å². The third-order valence-corrected chi connectivity index (χ3v) is 3.35. The molecule has 0 aliphatic carbocycles. The Morgan fingerprint density at radius 2 is 1.72 bits per heavy atom. The highest BCUT2D eigenvalue weighted by Crippen LogP contribution is 2.12. The third-order valence-electron chi connectivity index (χ3n) is 3.35. The van der Waals surface area contributed by atoms with Crippen molar-refractivity contribution in [3.8, 4) is 0 Å². The molecule has 2 aromatic rings. The summed E-state index contributed by atoms with van der Waals surface area (Å²) < 4.78 is 1.97. The van der Waals surface area contributed by atoms with Crippen molar-refractivity contribution in [2.45, 2.75) is 27.3 Å². The monoisotopic (exact) mass is 244 g/mol. The van der Waals surface area contributed by atoms with Crippen LogP contribution in [0.5, 0.6) is 0 Å². The Bertz CT molecular complexity index is 547. The molecule has 0 saturated carbocycles. The van der Waals surface area contributed by atoms with Gasteiger partial charge in [-0.25, -0.2) is 0 Å². The van der Waals surface area contributed by atoms with Crippen LogP contribution in [0.4, 0.5) is 0 Å². The van der Waals surface area contributed by atoms with Gasteiger partial charge in [0.25, 0.3) is 0 Å². The van der Waals surface area contributed by atoms with E-state index in [1.807, 2.05) is 23.7 Å². The Morgan fingerprint density at radius 3 is 2.17 bits per heavy atom. The molecule has 1 aromatic carbocycles. The highest BCUT2D eigenvalue weighted by molar-refractivity contribution is 6.58. The highest BCUT2D eigenvalue weighted by Gasteiger charge is 2.11. The molecule has 0 amide bonds. The van der Waals surface area contributed by atoms with Crippen molar-refractivity contribution in [2.24, 2.45) is 0 Å². The average molecular weight is 244 g/mol. The van der Waals surface area contributed by atoms with Crippen LogP contribution in [-0.4, -0.2) is 26.9 Å². The van der Waals surface area contributed by atoms with E-state index in [0.717, 1.165) is 11.3 Å². The summed E-state index contributed by atoms with van der Waals surface area (Å²) in [6, 6.07) is 7.22. The van der Waals surface area contributed by atoms with Gasteiger partial charge in [-0.3, -0.25) is 4.68 Å². The molecule has 0 aliphatic rings. The summed E-state index contributed by atoms with van der Waals surface area (Å²) in [4.78, 5) is 0. The van der Waals surface area contributed by atoms with E-state index < -0.39 is 7.12 Å². The SMILES string of the molecule is Cc1nn(Cc2ccc(B(O)O)cc2)c(C)c1C. The Labute approximate surface area is 107 Å². The van der Waals surface area contributed by atoms with Crippen LogP contribution in [0.15, 0.2) is 24.3 Å². The molecule has 0 fully saturated rings. The Morgan fingerprint density at radius 1 is 1.11 bits per heavy atom. The van der Waals surface area contributed by atoms with Gasteiger partial charge in [-0.2, -0.15) is 5.10 Å². The van der Waals surface area contributed by atoms with Crippen LogP contribution < -0.4 is 5.46 Å². The maximum atomic E-state index is 9.03. The van der Waals surface area contributed by atoms with E-state index in [2.05, 4.69) is 18.9 Å². The van der Waals surface area contributed by atoms with Gasteiger partial charge in [-0.1, -0.05) is 24.3 Å². The molecule has 0 radical (unpaired) electrons. The molecule has 1 heterocycles. The molecule has 0 spiro atoms. The molecule has 1 aromatic heterocycles. The predicted molar refractivity (Wildman–Crippen MR) is 71.8 cm³/mol. The standard InChI is InChI=1S/C13H17BN2O2/c1-9-10(2)15-16(11(9)3)8-12-4-6-13(7-5-12)14(17)18/h4-7,17-18H,8H2,1-3H3. The fourth-order valence-corrected chi connectivity index (χ4v) is 1.91. The van der Waals surface area contributed by atoms with Crippen molar-refractivity contribution in [2.75, 3.05) is 0 Å². The van der Waals surface area contributed by atoms with E-state index in [1.54, 1.807) is 12.1 Å². The maximum Gasteiger partial charge on any atom is 0.488 e. The molecule has 0 unspecified atom stereocenters. The Balaban J connectivity index is 2.21. The van der Waals surface area contributed by atoms with Crippen LogP contribution in [-0.2, 0) is 6.54 Å². The van der Waals surface area contributed by atoms with Gasteiger partial charge < -0.3 is 10.0 Å². The van der Waals surface area contributed by atoms with Gasteiger partial charge in [0.2, 0.25) is 0 Å². The first-order chi connectivity index (χ1) is 8.49. The third kappa shape index (κ3) is 2.47. The van der Waals surface area contributed by atoms with Crippen molar-refractivity contribution in [1.82, 2.24) is 9.78 Å². The molecule has 0 atom stereocenters. The Kier molecular flexibility index (Phi) is 3.54. The van der Waals surface area contributed by atoms with Crippen molar-refractivity contribution >= 4 is 12.6 Å². The van der Waals surface area contributed by atoms with Crippen molar-refractivity contribution < 1.29 is 10.0 Å². The summed E-state index contributed by atoms with van der Waals surface area (Å²) in [5.41, 5.74) is 5.03. The number of benzene rings is 1. The number of aromatic nitrogens is 2. The Hall–Kier alpha value is -1.59. The van der Waals surface area contributed by atoms with Gasteiger partial charge in [0.15, 0.2) is 0 Å². The van der Waals surface area contributed by atoms with Crippen LogP contribution in [0.1, 0.15) is 22.5 Å². The van der Waals surface area contributed by atoms with Crippen LogP contribution in [0.3, 0.4) is 0 Å². The number of aryl methyl sites for hydroxylation is 1. The van der Waals surface area contributed by atoms with E-state index >= 15 is 0 Å². The van der Waals surface area contributed by atoms with Gasteiger partial charge in [-0.15, -0.1) is 0 Å². The molecule has 0 saturated heterocycles. The zero-order valence-electron chi connectivity index (χ0n) is 10.9. The second-order valence-corrected chi connectivity index (χ2v) is 4.57. The fourth-order valence-electron chi connectivity index (χ4n) is 1.91. The normalized spacial score (nSPS) is 10.7. The molecule has 18 heavy (non-hydrogen) atoms. The summed E-state index contributed by atoms with van der Waals surface area (Å²) in [5, 5.41) is 22.5. The lowest BCUT2D eigenvalue weighted by Crippen LogP contribution is -2.29. The maximum absolute atomic E-state index is 9.03. The summed E-state index contributed by atoms with van der Waals surface area (Å²) in [7, 11) is -1.41. The van der Waals surface area contributed by atoms with Crippen LogP contribution in [0.25, 0.3) is 0 Å². The summed E-state index contributed by atoms with van der Waals surface area (Å²) >= 11 is 0. The van der Waals surface area contributed by atoms with Crippen LogP contribution in [0, 0.1) is 20.8 Å². The van der Waals surface area contributed by atoms with Gasteiger partial charge in [0.1, 0.15) is 0 Å². The van der Waals surface area contributed by atoms with Gasteiger partial charge in [0, 0.05) is 5.69 Å². The molecule has 2 N–H and O–H groups in total. The minimum atomic E-state index is -1.41. The zero-order chi connectivity index (χ0) is 13.3. The van der Waals surface area contributed by atoms with Crippen LogP contribution >= 0.6 is 0 Å². The molecule has 0 bridgehead atoms. The number of hydrogen-bond donors (Lipinski definition) is 2. The average Bonchev–Trinajstić information content (AvgIpc) is 2.58. The molecular formula is C13H17BN2O2. The van der Waals surface area contributed by atoms with E-state index in [4.69, 9.17) is 10.0 Å². The molecule has 94 valence electrons. The lowest BCUT2D eigenvalue weighted by atomic mass is 9.80. The number of rotatable bonds is 3. The van der Waals surface area contributed by atoms with Gasteiger partial charge in [-0.05, 0) is 37.4 Å². The number of hydrogen-bond acceptors (Lipinski definition) is 3. The predicted octanol–water partition coefficient (Wildman–Crippen LogP) is 0.536. The molecule has 5 heteroatoms. The first kappa shape index (κ1) is 12.9. The smallest absolute Gasteiger partial charge is 0.423 e. The minimum absolute atomic E-state index is 0.503. The molecule has 0 aliphatic heterocycles. The second kappa shape index (κ2) is 4.96. The zero-order valence-corrected chi connectivity index (χ0v) is 10.9. The first-order valence-corrected chi connectivity index (χ1v) is 5.94. The van der Waals surface area contributed by atoms with Crippen molar-refractivity contribution in [1.29, 1.82) is 0 Å². The van der Waals surface area contributed by atoms with E-state index in [1.165, 1.54) is 11.3 Å². The summed E-state index contributed by atoms with van der Waals surface area (Å²) in [6.45, 7) is 6.83. The van der Waals surface area contributed by atoms with Crippen molar-refractivity contribution in [3.63, 3.8) is 0 Å². The minimum Gasteiger partial charge on any atom is -0.423 e. The highest BCUT2D eigenvalue weighted by atomic mass is 16.4. The summed E-state index contributed by atoms with van der Waals surface area (Å²) in [5.74, 6) is 0. The first-order valence-electron chi connectivity index (χ1n) is 5.94. The summed E-state index contributed by atoms with van der Waals surface area (Å²) in [6.07, 6.45) is 0. The van der Waals surface area contributed by atoms with E-state index in [-0.39, 0.29) is 0 Å². The molecular weight excluding hydrogens is 227 g/mol. The lowest BCUT2D eigenvalue weighted by molar-refractivity contribution is 0.426. The fraction of sp³-hybridized carbons (Fsp3) is 0.308. The van der Waals surface area contributed by atoms with Gasteiger partial charge in [0.05, 0.1) is 12.2 Å². The lowest BCUT2D eigenvalue weighted by Gasteiger charge is -2.06. The van der Waals surface area contributed by atoms with E-state index in [9.17, 15) is 0 Å². The molecule has 4 nitrogen and oxygen atoms in total. The largest absolute Gasteiger partial charge is 0.488 e.